The number of aromatic nitrogens is 2. The molecule has 8 nitrogen and oxygen atoms in total. The molecule has 2 aromatic heterocycles. The van der Waals surface area contributed by atoms with E-state index in [9.17, 15) is 14.4 Å². The van der Waals surface area contributed by atoms with Gasteiger partial charge in [0.25, 0.3) is 5.56 Å². The molecule has 4 rings (SSSR count). The third kappa shape index (κ3) is 3.94. The van der Waals surface area contributed by atoms with E-state index in [0.29, 0.717) is 26.7 Å². The highest BCUT2D eigenvalue weighted by Crippen LogP contribution is 2.27. The van der Waals surface area contributed by atoms with Gasteiger partial charge in [-0.15, -0.1) is 0 Å². The van der Waals surface area contributed by atoms with Gasteiger partial charge in [0.1, 0.15) is 18.0 Å². The van der Waals surface area contributed by atoms with Gasteiger partial charge in [0.2, 0.25) is 0 Å². The number of ether oxygens (including phenoxy) is 1. The smallest absolute Gasteiger partial charge is 0.422 e. The van der Waals surface area contributed by atoms with Crippen molar-refractivity contribution in [3.63, 3.8) is 0 Å². The second-order valence-electron chi connectivity index (χ2n) is 6.30. The Kier molecular flexibility index (Phi) is 5.07. The minimum absolute atomic E-state index is 0.0226. The molecule has 150 valence electrons. The van der Waals surface area contributed by atoms with Gasteiger partial charge in [-0.1, -0.05) is 23.7 Å². The lowest BCUT2D eigenvalue weighted by molar-refractivity contribution is -0.137. The van der Waals surface area contributed by atoms with E-state index in [2.05, 4.69) is 4.98 Å². The SMILES string of the molecule is O=C(O)Cn1c(=O)oc2cc(-c3ccc(Oc4ccc(Cl)cc4)cc3)cnc2c1=O. The molecular formula is C21H13ClN2O6. The summed E-state index contributed by atoms with van der Waals surface area (Å²) in [4.78, 5) is 39.2. The van der Waals surface area contributed by atoms with Crippen molar-refractivity contribution >= 4 is 28.7 Å². The minimum atomic E-state index is -1.33. The van der Waals surface area contributed by atoms with Crippen LogP contribution in [0.2, 0.25) is 5.02 Å². The van der Waals surface area contributed by atoms with Gasteiger partial charge in [0.05, 0.1) is 0 Å². The molecule has 0 bridgehead atoms. The molecule has 0 fully saturated rings. The van der Waals surface area contributed by atoms with Crippen molar-refractivity contribution in [3.8, 4) is 22.6 Å². The quantitative estimate of drug-likeness (QED) is 0.521. The van der Waals surface area contributed by atoms with Crippen LogP contribution in [0, 0.1) is 0 Å². The van der Waals surface area contributed by atoms with Crippen LogP contribution in [0.1, 0.15) is 0 Å². The first kappa shape index (κ1) is 19.4. The summed E-state index contributed by atoms with van der Waals surface area (Å²) in [5.41, 5.74) is 0.402. The Morgan fingerprint density at radius 2 is 1.67 bits per heavy atom. The summed E-state index contributed by atoms with van der Waals surface area (Å²) in [6, 6.07) is 15.6. The largest absolute Gasteiger partial charge is 0.480 e. The molecule has 0 radical (unpaired) electrons. The van der Waals surface area contributed by atoms with E-state index in [1.807, 2.05) is 0 Å². The molecule has 0 aliphatic rings. The van der Waals surface area contributed by atoms with Crippen LogP contribution in [0.4, 0.5) is 0 Å². The third-order valence-electron chi connectivity index (χ3n) is 4.25. The summed E-state index contributed by atoms with van der Waals surface area (Å²) in [7, 11) is 0. The Morgan fingerprint density at radius 1 is 1.03 bits per heavy atom. The number of benzene rings is 2. The predicted molar refractivity (Wildman–Crippen MR) is 109 cm³/mol. The van der Waals surface area contributed by atoms with E-state index < -0.39 is 23.8 Å². The molecule has 2 heterocycles. The van der Waals surface area contributed by atoms with Gasteiger partial charge in [0.15, 0.2) is 11.1 Å². The summed E-state index contributed by atoms with van der Waals surface area (Å²) < 4.78 is 11.3. The van der Waals surface area contributed by atoms with Gasteiger partial charge in [-0.05, 0) is 48.0 Å². The fourth-order valence-electron chi connectivity index (χ4n) is 2.83. The normalized spacial score (nSPS) is 10.8. The molecular weight excluding hydrogens is 412 g/mol. The number of carboxylic acid groups (broad SMARTS) is 1. The number of nitrogens with zero attached hydrogens (tertiary/aromatic N) is 2. The van der Waals surface area contributed by atoms with Gasteiger partial charge in [0, 0.05) is 16.8 Å². The molecule has 30 heavy (non-hydrogen) atoms. The number of pyridine rings is 1. The second-order valence-corrected chi connectivity index (χ2v) is 6.74. The number of carbonyl (C=O) groups is 1. The highest BCUT2D eigenvalue weighted by atomic mass is 35.5. The molecule has 2 aromatic carbocycles. The molecule has 0 spiro atoms. The molecule has 0 amide bonds. The van der Waals surface area contributed by atoms with Crippen LogP contribution in [0.25, 0.3) is 22.2 Å². The Morgan fingerprint density at radius 3 is 2.30 bits per heavy atom. The minimum Gasteiger partial charge on any atom is -0.480 e. The van der Waals surface area contributed by atoms with Gasteiger partial charge in [-0.25, -0.2) is 14.3 Å². The maximum Gasteiger partial charge on any atom is 0.422 e. The third-order valence-corrected chi connectivity index (χ3v) is 4.50. The molecule has 1 N–H and O–H groups in total. The maximum atomic E-state index is 12.3. The zero-order valence-corrected chi connectivity index (χ0v) is 16.0. The predicted octanol–water partition coefficient (Wildman–Crippen LogP) is 3.55. The summed E-state index contributed by atoms with van der Waals surface area (Å²) in [5.74, 6) is -1.14. The average Bonchev–Trinajstić information content (AvgIpc) is 2.73. The summed E-state index contributed by atoms with van der Waals surface area (Å²) in [6.45, 7) is -0.796. The van der Waals surface area contributed by atoms with Crippen LogP contribution in [0.3, 0.4) is 0 Å². The van der Waals surface area contributed by atoms with Gasteiger partial charge in [-0.2, -0.15) is 0 Å². The molecule has 0 saturated heterocycles. The van der Waals surface area contributed by atoms with Gasteiger partial charge in [-0.3, -0.25) is 9.59 Å². The summed E-state index contributed by atoms with van der Waals surface area (Å²) >= 11 is 5.86. The van der Waals surface area contributed by atoms with Crippen LogP contribution in [0.5, 0.6) is 11.5 Å². The van der Waals surface area contributed by atoms with Crippen molar-refractivity contribution in [2.75, 3.05) is 0 Å². The Bertz CT molecular complexity index is 1360. The Hall–Kier alpha value is -3.91. The Balaban J connectivity index is 1.64. The van der Waals surface area contributed by atoms with E-state index in [1.165, 1.54) is 12.3 Å². The van der Waals surface area contributed by atoms with Crippen molar-refractivity contribution in [1.82, 2.24) is 9.55 Å². The monoisotopic (exact) mass is 424 g/mol. The van der Waals surface area contributed by atoms with Gasteiger partial charge >= 0.3 is 11.7 Å². The second kappa shape index (κ2) is 7.84. The molecule has 4 aromatic rings. The van der Waals surface area contributed by atoms with E-state index >= 15 is 0 Å². The van der Waals surface area contributed by atoms with Crippen LogP contribution >= 0.6 is 11.6 Å². The van der Waals surface area contributed by atoms with E-state index in [4.69, 9.17) is 25.9 Å². The van der Waals surface area contributed by atoms with Crippen molar-refractivity contribution in [2.45, 2.75) is 6.54 Å². The fraction of sp³-hybridized carbons (Fsp3) is 0.0476. The van der Waals surface area contributed by atoms with Crippen molar-refractivity contribution in [2.24, 2.45) is 0 Å². The van der Waals surface area contributed by atoms with Crippen molar-refractivity contribution in [1.29, 1.82) is 0 Å². The highest BCUT2D eigenvalue weighted by molar-refractivity contribution is 6.30. The zero-order valence-electron chi connectivity index (χ0n) is 15.2. The number of fused-ring (bicyclic) bond motifs is 1. The lowest BCUT2D eigenvalue weighted by Gasteiger charge is -2.08. The molecule has 9 heteroatoms. The standard InChI is InChI=1S/C21H13ClN2O6/c22-14-3-7-16(8-4-14)29-15-5-1-12(2-6-15)13-9-17-19(23-10-13)20(27)24(11-18(25)26)21(28)30-17/h1-10H,11H2,(H,25,26). The summed E-state index contributed by atoms with van der Waals surface area (Å²) in [6.07, 6.45) is 1.45. The fourth-order valence-corrected chi connectivity index (χ4v) is 2.95. The Labute approximate surface area is 173 Å². The molecule has 0 unspecified atom stereocenters. The molecule has 0 aliphatic carbocycles. The number of hydrogen-bond acceptors (Lipinski definition) is 6. The number of rotatable bonds is 5. The number of aliphatic carboxylic acids is 1. The van der Waals surface area contributed by atoms with Crippen LogP contribution in [-0.2, 0) is 11.3 Å². The van der Waals surface area contributed by atoms with E-state index in [0.717, 1.165) is 5.56 Å². The van der Waals surface area contributed by atoms with Gasteiger partial charge < -0.3 is 14.3 Å². The summed E-state index contributed by atoms with van der Waals surface area (Å²) in [5, 5.41) is 9.45. The first-order chi connectivity index (χ1) is 14.4. The van der Waals surface area contributed by atoms with Crippen LogP contribution in [-0.4, -0.2) is 20.6 Å². The van der Waals surface area contributed by atoms with Crippen LogP contribution < -0.4 is 16.1 Å². The van der Waals surface area contributed by atoms with E-state index in [1.54, 1.807) is 48.5 Å². The number of carboxylic acids is 1. The molecule has 0 saturated carbocycles. The number of hydrogen-bond donors (Lipinski definition) is 1. The number of halogens is 1. The molecule has 0 atom stereocenters. The van der Waals surface area contributed by atoms with Crippen LogP contribution in [0.15, 0.2) is 74.8 Å². The highest BCUT2D eigenvalue weighted by Gasteiger charge is 2.14. The first-order valence-corrected chi connectivity index (χ1v) is 9.08. The lowest BCUT2D eigenvalue weighted by Crippen LogP contribution is -2.35. The first-order valence-electron chi connectivity index (χ1n) is 8.70. The van der Waals surface area contributed by atoms with E-state index in [-0.39, 0.29) is 11.1 Å². The maximum absolute atomic E-state index is 12.3. The van der Waals surface area contributed by atoms with Crippen molar-refractivity contribution < 1.29 is 19.1 Å². The van der Waals surface area contributed by atoms with Crippen molar-refractivity contribution in [3.05, 3.63) is 86.7 Å². The topological polar surface area (TPSA) is 112 Å². The average molecular weight is 425 g/mol. The lowest BCUT2D eigenvalue weighted by atomic mass is 10.1. The molecule has 0 aliphatic heterocycles. The zero-order chi connectivity index (χ0) is 21.3.